The zero-order chi connectivity index (χ0) is 14.8. The number of benzene rings is 1. The van der Waals surface area contributed by atoms with Gasteiger partial charge in [0.2, 0.25) is 0 Å². The molecule has 1 unspecified atom stereocenters. The second kappa shape index (κ2) is 6.02. The lowest BCUT2D eigenvalue weighted by atomic mass is 10.0. The lowest BCUT2D eigenvalue weighted by Crippen LogP contribution is -2.24. The number of fused-ring (bicyclic) bond motifs is 1. The molecule has 3 heteroatoms. The molecule has 1 aliphatic rings. The highest BCUT2D eigenvalue weighted by molar-refractivity contribution is 5.25. The number of rotatable bonds is 4. The van der Waals surface area contributed by atoms with E-state index in [1.165, 1.54) is 41.8 Å². The highest BCUT2D eigenvalue weighted by Gasteiger charge is 2.20. The summed E-state index contributed by atoms with van der Waals surface area (Å²) in [7, 11) is 2.04. The van der Waals surface area contributed by atoms with Crippen molar-refractivity contribution in [3.63, 3.8) is 0 Å². The van der Waals surface area contributed by atoms with E-state index in [1.54, 1.807) is 0 Å². The number of aromatic nitrogens is 2. The van der Waals surface area contributed by atoms with Crippen molar-refractivity contribution in [3.8, 4) is 0 Å². The molecule has 0 radical (unpaired) electrons. The molecule has 0 saturated heterocycles. The summed E-state index contributed by atoms with van der Waals surface area (Å²) in [5.74, 6) is 1.16. The monoisotopic (exact) mass is 283 g/mol. The van der Waals surface area contributed by atoms with Crippen molar-refractivity contribution in [1.82, 2.24) is 14.9 Å². The molecule has 2 aromatic rings. The van der Waals surface area contributed by atoms with Gasteiger partial charge in [0.25, 0.3) is 0 Å². The van der Waals surface area contributed by atoms with Crippen molar-refractivity contribution in [1.29, 1.82) is 0 Å². The Balaban J connectivity index is 1.87. The number of aryl methyl sites for hydroxylation is 3. The lowest BCUT2D eigenvalue weighted by Gasteiger charge is -2.21. The smallest absolute Gasteiger partial charge is 0.106 e. The Hall–Kier alpha value is -1.61. The van der Waals surface area contributed by atoms with Crippen LogP contribution < -0.4 is 5.32 Å². The molecule has 0 aliphatic heterocycles. The van der Waals surface area contributed by atoms with Crippen LogP contribution in [0.15, 0.2) is 24.3 Å². The van der Waals surface area contributed by atoms with Gasteiger partial charge in [0.05, 0.1) is 5.69 Å². The van der Waals surface area contributed by atoms with Crippen molar-refractivity contribution in [3.05, 3.63) is 52.6 Å². The Morgan fingerprint density at radius 1 is 1.14 bits per heavy atom. The zero-order valence-electron chi connectivity index (χ0n) is 13.3. The van der Waals surface area contributed by atoms with Gasteiger partial charge in [-0.1, -0.05) is 29.8 Å². The Kier molecular flexibility index (Phi) is 4.11. The number of hydrogen-bond acceptors (Lipinski definition) is 2. The van der Waals surface area contributed by atoms with Crippen LogP contribution in [-0.2, 0) is 19.4 Å². The minimum atomic E-state index is 0.338. The van der Waals surface area contributed by atoms with Gasteiger partial charge in [-0.25, -0.2) is 4.98 Å². The SMILES string of the molecule is CNC(Cn1c(C)nc2c1CCCC2)c1ccc(C)cc1. The molecule has 0 amide bonds. The Labute approximate surface area is 127 Å². The highest BCUT2D eigenvalue weighted by atomic mass is 15.1. The summed E-state index contributed by atoms with van der Waals surface area (Å²) in [5.41, 5.74) is 5.45. The largest absolute Gasteiger partial charge is 0.330 e. The fourth-order valence-electron chi connectivity index (χ4n) is 3.32. The normalized spacial score (nSPS) is 15.8. The van der Waals surface area contributed by atoms with Gasteiger partial charge in [0.1, 0.15) is 5.82 Å². The summed E-state index contributed by atoms with van der Waals surface area (Å²) >= 11 is 0. The molecule has 1 heterocycles. The van der Waals surface area contributed by atoms with Gasteiger partial charge in [0.15, 0.2) is 0 Å². The maximum absolute atomic E-state index is 4.78. The molecule has 0 fully saturated rings. The molecule has 1 aromatic heterocycles. The second-order valence-corrected chi connectivity index (χ2v) is 6.12. The number of nitrogens with one attached hydrogen (secondary N) is 1. The third kappa shape index (κ3) is 2.88. The first-order chi connectivity index (χ1) is 10.2. The molecule has 3 nitrogen and oxygen atoms in total. The Bertz CT molecular complexity index is 610. The lowest BCUT2D eigenvalue weighted by molar-refractivity contribution is 0.476. The van der Waals surface area contributed by atoms with Crippen LogP contribution in [0.2, 0.25) is 0 Å². The number of hydrogen-bond donors (Lipinski definition) is 1. The fraction of sp³-hybridized carbons (Fsp3) is 0.500. The van der Waals surface area contributed by atoms with E-state index in [1.807, 2.05) is 7.05 Å². The Morgan fingerprint density at radius 2 is 1.86 bits per heavy atom. The van der Waals surface area contributed by atoms with Crippen LogP contribution >= 0.6 is 0 Å². The third-order valence-corrected chi connectivity index (χ3v) is 4.62. The highest BCUT2D eigenvalue weighted by Crippen LogP contribution is 2.25. The summed E-state index contributed by atoms with van der Waals surface area (Å²) in [6.45, 7) is 5.24. The maximum atomic E-state index is 4.78. The first kappa shape index (κ1) is 14.3. The summed E-state index contributed by atoms with van der Waals surface area (Å²) in [6.07, 6.45) is 4.92. The van der Waals surface area contributed by atoms with Crippen LogP contribution in [0.25, 0.3) is 0 Å². The van der Waals surface area contributed by atoms with Crippen LogP contribution in [0, 0.1) is 13.8 Å². The zero-order valence-corrected chi connectivity index (χ0v) is 13.3. The minimum absolute atomic E-state index is 0.338. The van der Waals surface area contributed by atoms with E-state index in [0.717, 1.165) is 18.8 Å². The van der Waals surface area contributed by atoms with Gasteiger partial charge in [-0.05, 0) is 52.1 Å². The van der Waals surface area contributed by atoms with E-state index in [4.69, 9.17) is 4.98 Å². The maximum Gasteiger partial charge on any atom is 0.106 e. The molecule has 3 rings (SSSR count). The van der Waals surface area contributed by atoms with E-state index in [9.17, 15) is 0 Å². The second-order valence-electron chi connectivity index (χ2n) is 6.12. The van der Waals surface area contributed by atoms with Crippen molar-refractivity contribution in [2.75, 3.05) is 7.05 Å². The summed E-state index contributed by atoms with van der Waals surface area (Å²) in [6, 6.07) is 9.18. The van der Waals surface area contributed by atoms with E-state index >= 15 is 0 Å². The standard InChI is InChI=1S/C18H25N3/c1-13-8-10-15(11-9-13)17(19-3)12-21-14(2)20-16-6-4-5-7-18(16)21/h8-11,17,19H,4-7,12H2,1-3H3. The molecule has 112 valence electrons. The molecular formula is C18H25N3. The van der Waals surface area contributed by atoms with Gasteiger partial charge in [0, 0.05) is 18.3 Å². The van der Waals surface area contributed by atoms with E-state index < -0.39 is 0 Å². The predicted octanol–water partition coefficient (Wildman–Crippen LogP) is 3.34. The van der Waals surface area contributed by atoms with Crippen molar-refractivity contribution in [2.45, 2.75) is 52.1 Å². The van der Waals surface area contributed by atoms with Crippen LogP contribution in [0.4, 0.5) is 0 Å². The number of nitrogens with zero attached hydrogens (tertiary/aromatic N) is 2. The summed E-state index contributed by atoms with van der Waals surface area (Å²) in [4.78, 5) is 4.78. The molecular weight excluding hydrogens is 258 g/mol. The minimum Gasteiger partial charge on any atom is -0.330 e. The number of imidazole rings is 1. The van der Waals surface area contributed by atoms with Crippen molar-refractivity contribution >= 4 is 0 Å². The average Bonchev–Trinajstić information content (AvgIpc) is 2.81. The summed E-state index contributed by atoms with van der Waals surface area (Å²) in [5, 5.41) is 3.46. The van der Waals surface area contributed by atoms with Gasteiger partial charge >= 0.3 is 0 Å². The fourth-order valence-corrected chi connectivity index (χ4v) is 3.32. The first-order valence-electron chi connectivity index (χ1n) is 7.97. The van der Waals surface area contributed by atoms with E-state index in [-0.39, 0.29) is 0 Å². The van der Waals surface area contributed by atoms with E-state index in [0.29, 0.717) is 6.04 Å². The van der Waals surface area contributed by atoms with Crippen molar-refractivity contribution < 1.29 is 0 Å². The van der Waals surface area contributed by atoms with Crippen LogP contribution in [0.5, 0.6) is 0 Å². The molecule has 1 atom stereocenters. The van der Waals surface area contributed by atoms with Crippen LogP contribution in [-0.4, -0.2) is 16.6 Å². The Morgan fingerprint density at radius 3 is 2.57 bits per heavy atom. The van der Waals surface area contributed by atoms with Crippen LogP contribution in [0.3, 0.4) is 0 Å². The summed E-state index contributed by atoms with van der Waals surface area (Å²) < 4.78 is 2.43. The topological polar surface area (TPSA) is 29.9 Å². The van der Waals surface area contributed by atoms with Gasteiger partial charge in [-0.2, -0.15) is 0 Å². The first-order valence-corrected chi connectivity index (χ1v) is 7.97. The molecule has 0 bridgehead atoms. The molecule has 1 N–H and O–H groups in total. The van der Waals surface area contributed by atoms with Crippen molar-refractivity contribution in [2.24, 2.45) is 0 Å². The molecule has 0 saturated carbocycles. The van der Waals surface area contributed by atoms with Gasteiger partial charge < -0.3 is 9.88 Å². The molecule has 1 aliphatic carbocycles. The van der Waals surface area contributed by atoms with E-state index in [2.05, 4.69) is 48.0 Å². The van der Waals surface area contributed by atoms with Crippen LogP contribution in [0.1, 0.15) is 47.2 Å². The van der Waals surface area contributed by atoms with Gasteiger partial charge in [-0.3, -0.25) is 0 Å². The molecule has 0 spiro atoms. The predicted molar refractivity (Wildman–Crippen MR) is 86.6 cm³/mol. The average molecular weight is 283 g/mol. The quantitative estimate of drug-likeness (QED) is 0.932. The van der Waals surface area contributed by atoms with Gasteiger partial charge in [-0.15, -0.1) is 0 Å². The molecule has 1 aromatic carbocycles. The molecule has 21 heavy (non-hydrogen) atoms. The number of likely N-dealkylation sites (N-methyl/N-ethyl adjacent to an activating group) is 1. The third-order valence-electron chi connectivity index (χ3n) is 4.62.